The molecule has 0 saturated carbocycles. The van der Waals surface area contributed by atoms with Crippen LogP contribution in [0.5, 0.6) is 0 Å². The largest absolute Gasteiger partial charge is 0.376 e. The van der Waals surface area contributed by atoms with Crippen LogP contribution in [0.4, 0.5) is 11.4 Å². The Morgan fingerprint density at radius 2 is 2.20 bits per heavy atom. The Labute approximate surface area is 94.0 Å². The normalized spacial score (nSPS) is 9.87. The Bertz CT molecular complexity index is 366. The predicted octanol–water partition coefficient (Wildman–Crippen LogP) is 1.30. The van der Waals surface area contributed by atoms with Crippen LogP contribution in [-0.4, -0.2) is 26.5 Å². The summed E-state index contributed by atoms with van der Waals surface area (Å²) in [5.74, 6) is -0.236. The summed E-state index contributed by atoms with van der Waals surface area (Å²) in [7, 11) is 3.78. The molecular weight excluding hydrogens is 214 g/mol. The maximum absolute atomic E-state index is 11.2. The summed E-state index contributed by atoms with van der Waals surface area (Å²) in [6.45, 7) is -0.0423. The van der Waals surface area contributed by atoms with Gasteiger partial charge in [0.1, 0.15) is 0 Å². The number of nitrogens with two attached hydrogens (primary N) is 1. The number of amides is 1. The third-order valence-electron chi connectivity index (χ3n) is 1.90. The molecule has 0 fully saturated rings. The Hall–Kier alpha value is -1.26. The number of anilines is 2. The third-order valence-corrected chi connectivity index (χ3v) is 2.13. The van der Waals surface area contributed by atoms with Gasteiger partial charge in [0.25, 0.3) is 0 Å². The van der Waals surface area contributed by atoms with Crippen LogP contribution in [0.1, 0.15) is 0 Å². The first-order valence-electron chi connectivity index (χ1n) is 4.51. The Balaban J connectivity index is 3.02. The van der Waals surface area contributed by atoms with E-state index in [0.717, 1.165) is 5.69 Å². The standard InChI is InChI=1S/C10H14ClN3O/c1-14(2)9-4-3-7(11)5-8(9)13-10(15)6-12/h3-5H,6,12H2,1-2H3,(H,13,15). The zero-order valence-corrected chi connectivity index (χ0v) is 9.51. The van der Waals surface area contributed by atoms with Crippen LogP contribution in [0.25, 0.3) is 0 Å². The molecule has 1 amide bonds. The fraction of sp³-hybridized carbons (Fsp3) is 0.300. The molecule has 15 heavy (non-hydrogen) atoms. The van der Waals surface area contributed by atoms with Gasteiger partial charge in [0, 0.05) is 19.1 Å². The molecule has 4 nitrogen and oxygen atoms in total. The van der Waals surface area contributed by atoms with Crippen molar-refractivity contribution >= 4 is 28.9 Å². The first-order chi connectivity index (χ1) is 7.04. The average molecular weight is 228 g/mol. The first kappa shape index (κ1) is 11.8. The minimum Gasteiger partial charge on any atom is -0.376 e. The van der Waals surface area contributed by atoms with Gasteiger partial charge in [-0.15, -0.1) is 0 Å². The lowest BCUT2D eigenvalue weighted by Crippen LogP contribution is -2.23. The summed E-state index contributed by atoms with van der Waals surface area (Å²) in [4.78, 5) is 13.1. The van der Waals surface area contributed by atoms with Crippen LogP contribution in [0.15, 0.2) is 18.2 Å². The summed E-state index contributed by atoms with van der Waals surface area (Å²) in [6.07, 6.45) is 0. The van der Waals surface area contributed by atoms with E-state index < -0.39 is 0 Å². The highest BCUT2D eigenvalue weighted by atomic mass is 35.5. The van der Waals surface area contributed by atoms with Gasteiger partial charge in [0.05, 0.1) is 17.9 Å². The monoisotopic (exact) mass is 227 g/mol. The number of nitrogens with one attached hydrogen (secondary N) is 1. The van der Waals surface area contributed by atoms with Crippen molar-refractivity contribution in [2.75, 3.05) is 30.9 Å². The van der Waals surface area contributed by atoms with E-state index in [1.165, 1.54) is 0 Å². The molecule has 0 radical (unpaired) electrons. The molecule has 0 aliphatic heterocycles. The van der Waals surface area contributed by atoms with E-state index in [-0.39, 0.29) is 12.5 Å². The van der Waals surface area contributed by atoms with E-state index in [9.17, 15) is 4.79 Å². The van der Waals surface area contributed by atoms with Crippen LogP contribution >= 0.6 is 11.6 Å². The van der Waals surface area contributed by atoms with Gasteiger partial charge in [0.2, 0.25) is 5.91 Å². The first-order valence-corrected chi connectivity index (χ1v) is 4.89. The SMILES string of the molecule is CN(C)c1ccc(Cl)cc1NC(=O)CN. The second kappa shape index (κ2) is 5.00. The number of hydrogen-bond acceptors (Lipinski definition) is 3. The molecular formula is C10H14ClN3O. The summed E-state index contributed by atoms with van der Waals surface area (Å²) >= 11 is 5.85. The van der Waals surface area contributed by atoms with Crippen molar-refractivity contribution in [3.8, 4) is 0 Å². The minimum absolute atomic E-state index is 0.0423. The molecule has 0 unspecified atom stereocenters. The Morgan fingerprint density at radius 1 is 1.53 bits per heavy atom. The topological polar surface area (TPSA) is 58.4 Å². The molecule has 0 aromatic heterocycles. The van der Waals surface area contributed by atoms with E-state index in [0.29, 0.717) is 10.7 Å². The van der Waals surface area contributed by atoms with E-state index in [1.54, 1.807) is 12.1 Å². The molecule has 0 saturated heterocycles. The summed E-state index contributed by atoms with van der Waals surface area (Å²) in [5.41, 5.74) is 6.78. The van der Waals surface area contributed by atoms with Crippen LogP contribution in [-0.2, 0) is 4.79 Å². The molecule has 0 aliphatic carbocycles. The molecule has 0 heterocycles. The minimum atomic E-state index is -0.236. The van der Waals surface area contributed by atoms with Crippen molar-refractivity contribution in [2.24, 2.45) is 5.73 Å². The predicted molar refractivity (Wildman–Crippen MR) is 63.5 cm³/mol. The molecule has 5 heteroatoms. The molecule has 1 rings (SSSR count). The highest BCUT2D eigenvalue weighted by molar-refractivity contribution is 6.31. The zero-order chi connectivity index (χ0) is 11.4. The number of rotatable bonds is 3. The number of carbonyl (C=O) groups excluding carboxylic acids is 1. The fourth-order valence-electron chi connectivity index (χ4n) is 1.20. The van der Waals surface area contributed by atoms with E-state index in [4.69, 9.17) is 17.3 Å². The van der Waals surface area contributed by atoms with Crippen LogP contribution < -0.4 is 16.0 Å². The Kier molecular flexibility index (Phi) is 3.94. The molecule has 0 atom stereocenters. The number of benzene rings is 1. The molecule has 82 valence electrons. The van der Waals surface area contributed by atoms with E-state index in [1.807, 2.05) is 25.1 Å². The van der Waals surface area contributed by atoms with Gasteiger partial charge >= 0.3 is 0 Å². The average Bonchev–Trinajstić information content (AvgIpc) is 2.17. The maximum Gasteiger partial charge on any atom is 0.238 e. The second-order valence-electron chi connectivity index (χ2n) is 3.31. The van der Waals surface area contributed by atoms with Gasteiger partial charge < -0.3 is 16.0 Å². The van der Waals surface area contributed by atoms with Gasteiger partial charge in [0.15, 0.2) is 0 Å². The lowest BCUT2D eigenvalue weighted by molar-refractivity contribution is -0.114. The number of halogens is 1. The Morgan fingerprint density at radius 3 is 2.73 bits per heavy atom. The number of hydrogen-bond donors (Lipinski definition) is 2. The van der Waals surface area contributed by atoms with Crippen molar-refractivity contribution in [1.29, 1.82) is 0 Å². The summed E-state index contributed by atoms with van der Waals surface area (Å²) < 4.78 is 0. The maximum atomic E-state index is 11.2. The third kappa shape index (κ3) is 3.11. The van der Waals surface area contributed by atoms with Crippen molar-refractivity contribution in [3.05, 3.63) is 23.2 Å². The van der Waals surface area contributed by atoms with Crippen LogP contribution in [0.2, 0.25) is 5.02 Å². The zero-order valence-electron chi connectivity index (χ0n) is 8.75. The van der Waals surface area contributed by atoms with E-state index >= 15 is 0 Å². The molecule has 3 N–H and O–H groups in total. The second-order valence-corrected chi connectivity index (χ2v) is 3.74. The van der Waals surface area contributed by atoms with Gasteiger partial charge in [-0.3, -0.25) is 4.79 Å². The van der Waals surface area contributed by atoms with Gasteiger partial charge in [-0.1, -0.05) is 11.6 Å². The van der Waals surface area contributed by atoms with Gasteiger partial charge in [-0.25, -0.2) is 0 Å². The molecule has 0 spiro atoms. The molecule has 0 bridgehead atoms. The van der Waals surface area contributed by atoms with Crippen molar-refractivity contribution < 1.29 is 4.79 Å². The smallest absolute Gasteiger partial charge is 0.238 e. The van der Waals surface area contributed by atoms with Crippen LogP contribution in [0, 0.1) is 0 Å². The highest BCUT2D eigenvalue weighted by Crippen LogP contribution is 2.27. The van der Waals surface area contributed by atoms with Crippen molar-refractivity contribution in [2.45, 2.75) is 0 Å². The fourth-order valence-corrected chi connectivity index (χ4v) is 1.37. The number of nitrogens with zero attached hydrogens (tertiary/aromatic N) is 1. The van der Waals surface area contributed by atoms with Gasteiger partial charge in [-0.2, -0.15) is 0 Å². The number of carbonyl (C=O) groups is 1. The highest BCUT2D eigenvalue weighted by Gasteiger charge is 2.07. The summed E-state index contributed by atoms with van der Waals surface area (Å²) in [6, 6.07) is 5.31. The van der Waals surface area contributed by atoms with Crippen LogP contribution in [0.3, 0.4) is 0 Å². The van der Waals surface area contributed by atoms with Crippen molar-refractivity contribution in [3.63, 3.8) is 0 Å². The van der Waals surface area contributed by atoms with E-state index in [2.05, 4.69) is 5.32 Å². The molecule has 0 aliphatic rings. The molecule has 1 aromatic rings. The lowest BCUT2D eigenvalue weighted by atomic mass is 10.2. The van der Waals surface area contributed by atoms with Crippen molar-refractivity contribution in [1.82, 2.24) is 0 Å². The van der Waals surface area contributed by atoms with Gasteiger partial charge in [-0.05, 0) is 18.2 Å². The molecule has 1 aromatic carbocycles. The quantitative estimate of drug-likeness (QED) is 0.819. The summed E-state index contributed by atoms with van der Waals surface area (Å²) in [5, 5.41) is 3.27. The lowest BCUT2D eigenvalue weighted by Gasteiger charge is -2.17.